The standard InChI is InChI=1S/C21H21N3O2S/c1-13(25)20-19(22)18(17(27)12-14-6-4-3-5-7-14)21(24-20)23-15-8-10-16(26-2)11-9-15/h3-11,23-24H,12,22H2,1-2H3. The third-order valence-electron chi connectivity index (χ3n) is 4.24. The van der Waals surface area contributed by atoms with Gasteiger partial charge in [-0.05, 0) is 29.8 Å². The molecule has 0 aliphatic heterocycles. The molecular weight excluding hydrogens is 358 g/mol. The molecule has 3 rings (SSSR count). The van der Waals surface area contributed by atoms with E-state index in [0.717, 1.165) is 17.0 Å². The van der Waals surface area contributed by atoms with Crippen LogP contribution in [-0.4, -0.2) is 22.7 Å². The van der Waals surface area contributed by atoms with Gasteiger partial charge < -0.3 is 20.8 Å². The zero-order chi connectivity index (χ0) is 19.4. The largest absolute Gasteiger partial charge is 0.497 e. The molecular formula is C21H21N3O2S. The lowest BCUT2D eigenvalue weighted by Crippen LogP contribution is -2.07. The molecule has 5 nitrogen and oxygen atoms in total. The monoisotopic (exact) mass is 379 g/mol. The number of nitrogens with one attached hydrogen (secondary N) is 2. The Bertz CT molecular complexity index is 963. The van der Waals surface area contributed by atoms with Gasteiger partial charge in [0.1, 0.15) is 17.3 Å². The van der Waals surface area contributed by atoms with Gasteiger partial charge in [-0.25, -0.2) is 0 Å². The van der Waals surface area contributed by atoms with E-state index in [1.54, 1.807) is 7.11 Å². The van der Waals surface area contributed by atoms with E-state index in [1.807, 2.05) is 54.6 Å². The van der Waals surface area contributed by atoms with Crippen LogP contribution in [0, 0.1) is 0 Å². The van der Waals surface area contributed by atoms with Crippen molar-refractivity contribution < 1.29 is 9.53 Å². The van der Waals surface area contributed by atoms with Crippen molar-refractivity contribution in [3.05, 3.63) is 71.4 Å². The maximum Gasteiger partial charge on any atom is 0.178 e. The number of carbonyl (C=O) groups is 1. The van der Waals surface area contributed by atoms with Crippen LogP contribution in [0.25, 0.3) is 0 Å². The van der Waals surface area contributed by atoms with Crippen LogP contribution in [0.4, 0.5) is 17.2 Å². The lowest BCUT2D eigenvalue weighted by atomic mass is 10.0. The number of hydrogen-bond donors (Lipinski definition) is 3. The number of nitrogen functional groups attached to an aromatic ring is 1. The van der Waals surface area contributed by atoms with E-state index < -0.39 is 0 Å². The van der Waals surface area contributed by atoms with E-state index in [4.69, 9.17) is 22.7 Å². The Morgan fingerprint density at radius 1 is 1.15 bits per heavy atom. The van der Waals surface area contributed by atoms with Crippen LogP contribution in [0.5, 0.6) is 5.75 Å². The number of ether oxygens (including phenoxy) is 1. The molecule has 0 amide bonds. The number of aromatic nitrogens is 1. The first kappa shape index (κ1) is 18.7. The zero-order valence-electron chi connectivity index (χ0n) is 15.2. The predicted molar refractivity (Wildman–Crippen MR) is 113 cm³/mol. The zero-order valence-corrected chi connectivity index (χ0v) is 16.0. The highest BCUT2D eigenvalue weighted by molar-refractivity contribution is 7.80. The van der Waals surface area contributed by atoms with E-state index in [9.17, 15) is 4.79 Å². The van der Waals surface area contributed by atoms with E-state index >= 15 is 0 Å². The SMILES string of the molecule is COc1ccc(Nc2[nH]c(C(C)=O)c(N)c2C(=S)Cc2ccccc2)cc1. The number of nitrogens with two attached hydrogens (primary N) is 1. The van der Waals surface area contributed by atoms with Crippen LogP contribution in [0.1, 0.15) is 28.5 Å². The molecule has 3 aromatic rings. The fraction of sp³-hybridized carbons (Fsp3) is 0.143. The third kappa shape index (κ3) is 4.17. The Morgan fingerprint density at radius 2 is 1.81 bits per heavy atom. The van der Waals surface area contributed by atoms with Gasteiger partial charge in [0, 0.05) is 23.9 Å². The summed E-state index contributed by atoms with van der Waals surface area (Å²) in [7, 11) is 1.62. The van der Waals surface area contributed by atoms with Gasteiger partial charge in [-0.3, -0.25) is 4.79 Å². The quantitative estimate of drug-likeness (QED) is 0.416. The van der Waals surface area contributed by atoms with Crippen LogP contribution in [0.15, 0.2) is 54.6 Å². The van der Waals surface area contributed by atoms with Crippen LogP contribution in [0.3, 0.4) is 0 Å². The molecule has 1 heterocycles. The molecule has 0 spiro atoms. The number of anilines is 3. The maximum atomic E-state index is 11.9. The summed E-state index contributed by atoms with van der Waals surface area (Å²) in [6.07, 6.45) is 0.562. The highest BCUT2D eigenvalue weighted by Crippen LogP contribution is 2.31. The number of methoxy groups -OCH3 is 1. The van der Waals surface area contributed by atoms with Crippen LogP contribution < -0.4 is 15.8 Å². The normalized spacial score (nSPS) is 10.4. The molecule has 27 heavy (non-hydrogen) atoms. The second kappa shape index (κ2) is 8.05. The first-order valence-corrected chi connectivity index (χ1v) is 8.91. The van der Waals surface area contributed by atoms with Gasteiger partial charge >= 0.3 is 0 Å². The minimum Gasteiger partial charge on any atom is -0.497 e. The summed E-state index contributed by atoms with van der Waals surface area (Å²) < 4.78 is 5.18. The van der Waals surface area contributed by atoms with Crippen molar-refractivity contribution in [2.45, 2.75) is 13.3 Å². The van der Waals surface area contributed by atoms with Gasteiger partial charge in [-0.1, -0.05) is 42.5 Å². The summed E-state index contributed by atoms with van der Waals surface area (Å²) in [5.74, 6) is 1.23. The molecule has 0 saturated carbocycles. The van der Waals surface area contributed by atoms with Crippen molar-refractivity contribution in [3.8, 4) is 5.75 Å². The minimum atomic E-state index is -0.140. The Morgan fingerprint density at radius 3 is 2.41 bits per heavy atom. The van der Waals surface area contributed by atoms with Crippen molar-refractivity contribution in [2.24, 2.45) is 0 Å². The average molecular weight is 379 g/mol. The Hall–Kier alpha value is -3.12. The van der Waals surface area contributed by atoms with Gasteiger partial charge in [0.2, 0.25) is 0 Å². The van der Waals surface area contributed by atoms with Gasteiger partial charge in [-0.2, -0.15) is 0 Å². The van der Waals surface area contributed by atoms with Gasteiger partial charge in [-0.15, -0.1) is 0 Å². The molecule has 2 aromatic carbocycles. The molecule has 0 unspecified atom stereocenters. The number of aromatic amines is 1. The number of Topliss-reactive ketones (excluding diaryl/α,β-unsaturated/α-hetero) is 1. The first-order chi connectivity index (χ1) is 13.0. The lowest BCUT2D eigenvalue weighted by molar-refractivity contribution is 0.101. The summed E-state index contributed by atoms with van der Waals surface area (Å²) in [6.45, 7) is 1.48. The summed E-state index contributed by atoms with van der Waals surface area (Å²) in [6, 6.07) is 17.4. The number of ketones is 1. The fourth-order valence-electron chi connectivity index (χ4n) is 2.86. The topological polar surface area (TPSA) is 80.1 Å². The molecule has 4 N–H and O–H groups in total. The highest BCUT2D eigenvalue weighted by Gasteiger charge is 2.21. The van der Waals surface area contributed by atoms with Crippen LogP contribution in [-0.2, 0) is 6.42 Å². The van der Waals surface area contributed by atoms with E-state index in [1.165, 1.54) is 6.92 Å². The molecule has 0 fully saturated rings. The van der Waals surface area contributed by atoms with Crippen molar-refractivity contribution in [2.75, 3.05) is 18.2 Å². The minimum absolute atomic E-state index is 0.140. The second-order valence-electron chi connectivity index (χ2n) is 6.16. The average Bonchev–Trinajstić information content (AvgIpc) is 2.99. The van der Waals surface area contributed by atoms with Gasteiger partial charge in [0.05, 0.1) is 18.4 Å². The van der Waals surface area contributed by atoms with Crippen molar-refractivity contribution in [1.82, 2.24) is 4.98 Å². The Balaban J connectivity index is 1.95. The highest BCUT2D eigenvalue weighted by atomic mass is 32.1. The number of thiocarbonyl (C=S) groups is 1. The summed E-state index contributed by atoms with van der Waals surface area (Å²) in [5, 5.41) is 3.28. The van der Waals surface area contributed by atoms with Crippen LogP contribution in [0.2, 0.25) is 0 Å². The number of carbonyl (C=O) groups excluding carboxylic acids is 1. The molecule has 0 aliphatic rings. The fourth-order valence-corrected chi connectivity index (χ4v) is 3.24. The summed E-state index contributed by atoms with van der Waals surface area (Å²) in [5.41, 5.74) is 9.57. The molecule has 6 heteroatoms. The second-order valence-corrected chi connectivity index (χ2v) is 6.65. The molecule has 138 valence electrons. The molecule has 0 atom stereocenters. The first-order valence-electron chi connectivity index (χ1n) is 8.50. The van der Waals surface area contributed by atoms with Crippen molar-refractivity contribution in [3.63, 3.8) is 0 Å². The number of hydrogen-bond acceptors (Lipinski definition) is 5. The molecule has 0 radical (unpaired) electrons. The van der Waals surface area contributed by atoms with Gasteiger partial charge in [0.25, 0.3) is 0 Å². The maximum absolute atomic E-state index is 11.9. The molecule has 0 aliphatic carbocycles. The van der Waals surface area contributed by atoms with Crippen molar-refractivity contribution >= 4 is 40.1 Å². The molecule has 0 saturated heterocycles. The van der Waals surface area contributed by atoms with Gasteiger partial charge in [0.15, 0.2) is 5.78 Å². The lowest BCUT2D eigenvalue weighted by Gasteiger charge is -2.10. The predicted octanol–water partition coefficient (Wildman–Crippen LogP) is 4.51. The third-order valence-corrected chi connectivity index (χ3v) is 4.58. The number of H-pyrrole nitrogens is 1. The number of rotatable bonds is 7. The Labute approximate surface area is 163 Å². The molecule has 1 aromatic heterocycles. The summed E-state index contributed by atoms with van der Waals surface area (Å²) >= 11 is 5.66. The smallest absolute Gasteiger partial charge is 0.178 e. The van der Waals surface area contributed by atoms with E-state index in [-0.39, 0.29) is 5.78 Å². The van der Waals surface area contributed by atoms with Crippen LogP contribution >= 0.6 is 12.2 Å². The number of benzene rings is 2. The Kier molecular flexibility index (Phi) is 5.57. The molecule has 0 bridgehead atoms. The van der Waals surface area contributed by atoms with Crippen molar-refractivity contribution in [1.29, 1.82) is 0 Å². The van der Waals surface area contributed by atoms with E-state index in [2.05, 4.69) is 10.3 Å². The van der Waals surface area contributed by atoms with E-state index in [0.29, 0.717) is 34.0 Å². The summed E-state index contributed by atoms with van der Waals surface area (Å²) in [4.78, 5) is 15.7.